The fourth-order valence-corrected chi connectivity index (χ4v) is 1.13. The SMILES string of the molecule is CN.CN.CN.[CH2]CCCCCCCCC. The summed E-state index contributed by atoms with van der Waals surface area (Å²) < 4.78 is 0. The lowest BCUT2D eigenvalue weighted by atomic mass is 10.1. The molecule has 3 nitrogen and oxygen atoms in total. The minimum atomic E-state index is 1.12. The van der Waals surface area contributed by atoms with Crippen LogP contribution in [0.3, 0.4) is 0 Å². The zero-order valence-corrected chi connectivity index (χ0v) is 12.1. The Bertz CT molecular complexity index is 51.1. The van der Waals surface area contributed by atoms with Gasteiger partial charge < -0.3 is 17.2 Å². The maximum absolute atomic E-state index is 4.50. The largest absolute Gasteiger partial charge is 0.333 e. The second kappa shape index (κ2) is 46.2. The van der Waals surface area contributed by atoms with Crippen LogP contribution in [0, 0.1) is 6.92 Å². The van der Waals surface area contributed by atoms with E-state index in [1.165, 1.54) is 66.1 Å². The maximum Gasteiger partial charge on any atom is -0.0195 e. The van der Waals surface area contributed by atoms with E-state index in [0.29, 0.717) is 0 Å². The summed E-state index contributed by atoms with van der Waals surface area (Å²) in [6.07, 6.45) is 10.9. The molecule has 0 aromatic rings. The van der Waals surface area contributed by atoms with Gasteiger partial charge in [0.25, 0.3) is 0 Å². The quantitative estimate of drug-likeness (QED) is 0.593. The van der Waals surface area contributed by atoms with Gasteiger partial charge in [-0.15, -0.1) is 0 Å². The van der Waals surface area contributed by atoms with Crippen LogP contribution in [0.4, 0.5) is 0 Å². The third-order valence-corrected chi connectivity index (χ3v) is 1.85. The molecular formula is C13H36N3. The Balaban J connectivity index is -0.000000103. The van der Waals surface area contributed by atoms with E-state index in [2.05, 4.69) is 31.0 Å². The summed E-state index contributed by atoms with van der Waals surface area (Å²) in [5.74, 6) is 0. The minimum Gasteiger partial charge on any atom is -0.333 e. The van der Waals surface area contributed by atoms with E-state index in [4.69, 9.17) is 0 Å². The van der Waals surface area contributed by atoms with Crippen molar-refractivity contribution < 1.29 is 0 Å². The number of rotatable bonds is 7. The summed E-state index contributed by atoms with van der Waals surface area (Å²) in [6.45, 7) is 6.08. The first-order chi connectivity index (χ1) is 7.91. The predicted molar refractivity (Wildman–Crippen MR) is 78.3 cm³/mol. The molecule has 0 unspecified atom stereocenters. The fraction of sp³-hybridized carbons (Fsp3) is 0.923. The molecule has 0 heterocycles. The normalized spacial score (nSPS) is 7.50. The van der Waals surface area contributed by atoms with Crippen molar-refractivity contribution in [3.05, 3.63) is 6.92 Å². The monoisotopic (exact) mass is 234 g/mol. The first kappa shape index (κ1) is 24.9. The summed E-state index contributed by atoms with van der Waals surface area (Å²) in [5.41, 5.74) is 13.5. The smallest absolute Gasteiger partial charge is 0.0195 e. The molecule has 3 heteroatoms. The van der Waals surface area contributed by atoms with Gasteiger partial charge in [0.2, 0.25) is 0 Å². The van der Waals surface area contributed by atoms with Gasteiger partial charge in [0.05, 0.1) is 0 Å². The van der Waals surface area contributed by atoms with Crippen LogP contribution in [0.2, 0.25) is 0 Å². The molecule has 103 valence electrons. The molecule has 0 atom stereocenters. The van der Waals surface area contributed by atoms with Crippen LogP contribution in [0.15, 0.2) is 0 Å². The highest BCUT2D eigenvalue weighted by Crippen LogP contribution is 2.07. The third-order valence-electron chi connectivity index (χ3n) is 1.85. The van der Waals surface area contributed by atoms with Crippen molar-refractivity contribution >= 4 is 0 Å². The van der Waals surface area contributed by atoms with E-state index in [0.717, 1.165) is 6.42 Å². The summed E-state index contributed by atoms with van der Waals surface area (Å²) in [6, 6.07) is 0. The van der Waals surface area contributed by atoms with Gasteiger partial charge in [-0.1, -0.05) is 65.2 Å². The third kappa shape index (κ3) is 48.6. The maximum atomic E-state index is 4.50. The van der Waals surface area contributed by atoms with Gasteiger partial charge in [-0.05, 0) is 21.1 Å². The first-order valence-electron chi connectivity index (χ1n) is 6.44. The minimum absolute atomic E-state index is 1.12. The molecule has 0 aliphatic heterocycles. The molecule has 0 aromatic carbocycles. The zero-order chi connectivity index (χ0) is 13.7. The summed E-state index contributed by atoms with van der Waals surface area (Å²) in [4.78, 5) is 0. The zero-order valence-electron chi connectivity index (χ0n) is 12.1. The number of unbranched alkanes of at least 4 members (excludes halogenated alkanes) is 7. The van der Waals surface area contributed by atoms with Crippen LogP contribution in [0.1, 0.15) is 58.3 Å². The first-order valence-corrected chi connectivity index (χ1v) is 6.44. The van der Waals surface area contributed by atoms with Crippen LogP contribution >= 0.6 is 0 Å². The summed E-state index contributed by atoms with van der Waals surface area (Å²) in [7, 11) is 4.50. The van der Waals surface area contributed by atoms with Crippen LogP contribution in [0.25, 0.3) is 0 Å². The lowest BCUT2D eigenvalue weighted by molar-refractivity contribution is 0.592. The van der Waals surface area contributed by atoms with E-state index < -0.39 is 0 Å². The molecule has 0 spiro atoms. The Morgan fingerprint density at radius 1 is 0.625 bits per heavy atom. The van der Waals surface area contributed by atoms with Gasteiger partial charge in [0.1, 0.15) is 0 Å². The Kier molecular flexibility index (Phi) is 71.9. The molecule has 0 aliphatic rings. The Labute approximate surface area is 104 Å². The highest BCUT2D eigenvalue weighted by Gasteiger charge is 1.87. The van der Waals surface area contributed by atoms with E-state index in [-0.39, 0.29) is 0 Å². The Morgan fingerprint density at radius 3 is 1.25 bits per heavy atom. The van der Waals surface area contributed by atoms with Crippen LogP contribution in [0.5, 0.6) is 0 Å². The van der Waals surface area contributed by atoms with Crippen LogP contribution < -0.4 is 17.2 Å². The average molecular weight is 234 g/mol. The van der Waals surface area contributed by atoms with E-state index >= 15 is 0 Å². The van der Waals surface area contributed by atoms with Crippen LogP contribution in [-0.2, 0) is 0 Å². The highest BCUT2D eigenvalue weighted by atomic mass is 14.4. The van der Waals surface area contributed by atoms with Crippen molar-refractivity contribution in [1.82, 2.24) is 0 Å². The lowest BCUT2D eigenvalue weighted by Crippen LogP contribution is -1.77. The molecular weight excluding hydrogens is 198 g/mol. The highest BCUT2D eigenvalue weighted by molar-refractivity contribution is 4.45. The second-order valence-electron chi connectivity index (χ2n) is 2.97. The van der Waals surface area contributed by atoms with Gasteiger partial charge in [-0.3, -0.25) is 0 Å². The van der Waals surface area contributed by atoms with Crippen molar-refractivity contribution in [2.75, 3.05) is 21.1 Å². The Morgan fingerprint density at radius 2 is 0.938 bits per heavy atom. The van der Waals surface area contributed by atoms with E-state index in [9.17, 15) is 0 Å². The van der Waals surface area contributed by atoms with Gasteiger partial charge in [0.15, 0.2) is 0 Å². The molecule has 0 saturated heterocycles. The molecule has 1 radical (unpaired) electrons. The molecule has 0 aliphatic carbocycles. The van der Waals surface area contributed by atoms with Gasteiger partial charge in [-0.25, -0.2) is 0 Å². The molecule has 0 rings (SSSR count). The topological polar surface area (TPSA) is 78.1 Å². The van der Waals surface area contributed by atoms with Crippen molar-refractivity contribution in [1.29, 1.82) is 0 Å². The van der Waals surface area contributed by atoms with Crippen molar-refractivity contribution in [3.8, 4) is 0 Å². The number of hydrogen-bond donors (Lipinski definition) is 3. The van der Waals surface area contributed by atoms with Crippen molar-refractivity contribution in [3.63, 3.8) is 0 Å². The predicted octanol–water partition coefficient (Wildman–Crippen LogP) is 2.69. The summed E-state index contributed by atoms with van der Waals surface area (Å²) in [5, 5.41) is 0. The van der Waals surface area contributed by atoms with Gasteiger partial charge >= 0.3 is 0 Å². The Hall–Kier alpha value is -0.120. The summed E-state index contributed by atoms with van der Waals surface area (Å²) >= 11 is 0. The molecule has 16 heavy (non-hydrogen) atoms. The standard InChI is InChI=1S/C10H21.3CH5N/c1-3-5-7-9-10-8-6-4-2;3*1-2/h1,3-10H2,2H3;3*2H2,1H3. The molecule has 0 aromatic heterocycles. The fourth-order valence-electron chi connectivity index (χ4n) is 1.13. The molecule has 0 amide bonds. The van der Waals surface area contributed by atoms with E-state index in [1.54, 1.807) is 0 Å². The van der Waals surface area contributed by atoms with Crippen LogP contribution in [-0.4, -0.2) is 21.1 Å². The lowest BCUT2D eigenvalue weighted by Gasteiger charge is -1.97. The second-order valence-corrected chi connectivity index (χ2v) is 2.97. The molecule has 0 saturated carbocycles. The van der Waals surface area contributed by atoms with Gasteiger partial charge in [-0.2, -0.15) is 0 Å². The number of nitrogens with two attached hydrogens (primary N) is 3. The molecule has 0 fully saturated rings. The van der Waals surface area contributed by atoms with Gasteiger partial charge in [0, 0.05) is 0 Å². The molecule has 6 N–H and O–H groups in total. The van der Waals surface area contributed by atoms with Crippen molar-refractivity contribution in [2.45, 2.75) is 58.3 Å². The van der Waals surface area contributed by atoms with E-state index in [1.807, 2.05) is 0 Å². The molecule has 0 bridgehead atoms. The average Bonchev–Trinajstić information content (AvgIpc) is 2.41. The van der Waals surface area contributed by atoms with Crippen molar-refractivity contribution in [2.24, 2.45) is 17.2 Å². The number of hydrogen-bond acceptors (Lipinski definition) is 3.